The fourth-order valence-electron chi connectivity index (χ4n) is 1.97. The van der Waals surface area contributed by atoms with Crippen LogP contribution in [-0.4, -0.2) is 8.07 Å². The molecular weight excluding hydrogens is 148 g/mol. The van der Waals surface area contributed by atoms with Gasteiger partial charge in [0.05, 0.1) is 8.07 Å². The normalized spacial score (nSPS) is 14.5. The molecule has 0 nitrogen and oxygen atoms in total. The number of rotatable bonds is 5. The fourth-order valence-corrected chi connectivity index (χ4v) is 5.90. The van der Waals surface area contributed by atoms with E-state index < -0.39 is 8.07 Å². The second kappa shape index (κ2) is 4.76. The first kappa shape index (κ1) is 11.0. The van der Waals surface area contributed by atoms with Crippen LogP contribution >= 0.6 is 0 Å². The van der Waals surface area contributed by atoms with Gasteiger partial charge < -0.3 is 0 Å². The molecule has 0 saturated carbocycles. The van der Waals surface area contributed by atoms with E-state index in [0.29, 0.717) is 0 Å². The van der Waals surface area contributed by atoms with E-state index in [2.05, 4.69) is 40.3 Å². The van der Waals surface area contributed by atoms with Crippen LogP contribution in [0.15, 0.2) is 12.7 Å². The third kappa shape index (κ3) is 2.19. The Morgan fingerprint density at radius 2 is 1.55 bits per heavy atom. The Labute approximate surface area is 72.7 Å². The maximum absolute atomic E-state index is 3.91. The van der Waals surface area contributed by atoms with Crippen molar-refractivity contribution in [3.05, 3.63) is 12.7 Å². The maximum Gasteiger partial charge on any atom is 0.0593 e. The molecule has 0 amide bonds. The fraction of sp³-hybridized carbons (Fsp3) is 0.800. The molecule has 0 N–H and O–H groups in total. The van der Waals surface area contributed by atoms with E-state index in [1.54, 1.807) is 0 Å². The van der Waals surface area contributed by atoms with E-state index in [9.17, 15) is 0 Å². The van der Waals surface area contributed by atoms with E-state index in [1.165, 1.54) is 18.1 Å². The Morgan fingerprint density at radius 1 is 1.18 bits per heavy atom. The lowest BCUT2D eigenvalue weighted by Crippen LogP contribution is -2.35. The number of hydrogen-bond acceptors (Lipinski definition) is 0. The topological polar surface area (TPSA) is 0 Å². The molecule has 0 saturated heterocycles. The minimum Gasteiger partial charge on any atom is -0.103 e. The zero-order valence-corrected chi connectivity index (χ0v) is 9.48. The molecular formula is C10H22Si. The molecule has 1 atom stereocenters. The molecule has 0 aromatic carbocycles. The molecule has 0 bridgehead atoms. The average Bonchev–Trinajstić information content (AvgIpc) is 2.08. The van der Waals surface area contributed by atoms with E-state index in [1.807, 2.05) is 0 Å². The highest BCUT2D eigenvalue weighted by Crippen LogP contribution is 2.33. The molecule has 0 aliphatic rings. The van der Waals surface area contributed by atoms with Gasteiger partial charge in [-0.1, -0.05) is 51.9 Å². The molecule has 0 rings (SSSR count). The summed E-state index contributed by atoms with van der Waals surface area (Å²) in [5.41, 5.74) is 0.794. The van der Waals surface area contributed by atoms with Crippen molar-refractivity contribution >= 4 is 8.07 Å². The number of allylic oxidation sites excluding steroid dienone is 1. The Morgan fingerprint density at radius 3 is 1.64 bits per heavy atom. The van der Waals surface area contributed by atoms with E-state index >= 15 is 0 Å². The smallest absolute Gasteiger partial charge is 0.0593 e. The van der Waals surface area contributed by atoms with Gasteiger partial charge in [-0.25, -0.2) is 0 Å². The lowest BCUT2D eigenvalue weighted by Gasteiger charge is -2.32. The third-order valence-electron chi connectivity index (χ3n) is 3.43. The van der Waals surface area contributed by atoms with E-state index in [0.717, 1.165) is 5.54 Å². The predicted molar refractivity (Wildman–Crippen MR) is 56.8 cm³/mol. The molecule has 11 heavy (non-hydrogen) atoms. The summed E-state index contributed by atoms with van der Waals surface area (Å²) in [6.07, 6.45) is 2.16. The molecule has 0 aliphatic carbocycles. The van der Waals surface area contributed by atoms with Gasteiger partial charge in [-0.05, 0) is 5.54 Å². The van der Waals surface area contributed by atoms with E-state index in [4.69, 9.17) is 0 Å². The van der Waals surface area contributed by atoms with Crippen LogP contribution in [0.4, 0.5) is 0 Å². The SMILES string of the molecule is C=C[C@@H](C)[Si](CC)(CC)CC. The third-order valence-corrected chi connectivity index (χ3v) is 9.82. The highest BCUT2D eigenvalue weighted by Gasteiger charge is 2.30. The molecule has 0 radical (unpaired) electrons. The van der Waals surface area contributed by atoms with Gasteiger partial charge in [0.2, 0.25) is 0 Å². The summed E-state index contributed by atoms with van der Waals surface area (Å²) in [5.74, 6) is 0. The van der Waals surface area contributed by atoms with Crippen LogP contribution in [0, 0.1) is 0 Å². The van der Waals surface area contributed by atoms with Crippen LogP contribution in [0.5, 0.6) is 0 Å². The first-order valence-corrected chi connectivity index (χ1v) is 7.49. The summed E-state index contributed by atoms with van der Waals surface area (Å²) >= 11 is 0. The van der Waals surface area contributed by atoms with Crippen molar-refractivity contribution in [2.75, 3.05) is 0 Å². The summed E-state index contributed by atoms with van der Waals surface area (Å²) in [6.45, 7) is 13.3. The van der Waals surface area contributed by atoms with Crippen molar-refractivity contribution in [1.29, 1.82) is 0 Å². The van der Waals surface area contributed by atoms with Crippen molar-refractivity contribution in [1.82, 2.24) is 0 Å². The number of hydrogen-bond donors (Lipinski definition) is 0. The molecule has 0 heterocycles. The van der Waals surface area contributed by atoms with Gasteiger partial charge in [-0.3, -0.25) is 0 Å². The summed E-state index contributed by atoms with van der Waals surface area (Å²) < 4.78 is 0. The quantitative estimate of drug-likeness (QED) is 0.431. The lowest BCUT2D eigenvalue weighted by molar-refractivity contribution is 1.02. The van der Waals surface area contributed by atoms with Crippen LogP contribution < -0.4 is 0 Å². The molecule has 0 spiro atoms. The molecule has 66 valence electrons. The Kier molecular flexibility index (Phi) is 4.74. The molecule has 0 unspecified atom stereocenters. The van der Waals surface area contributed by atoms with Crippen LogP contribution in [0.1, 0.15) is 27.7 Å². The van der Waals surface area contributed by atoms with Crippen LogP contribution in [-0.2, 0) is 0 Å². The zero-order valence-electron chi connectivity index (χ0n) is 8.48. The standard InChI is InChI=1S/C10H22Si/c1-6-10(5)11(7-2,8-3)9-4/h6,10H,1,7-9H2,2-5H3/t10-/m1/s1. The van der Waals surface area contributed by atoms with Crippen molar-refractivity contribution in [3.63, 3.8) is 0 Å². The second-order valence-electron chi connectivity index (χ2n) is 3.45. The van der Waals surface area contributed by atoms with Gasteiger partial charge in [0.25, 0.3) is 0 Å². The zero-order chi connectivity index (χ0) is 8.91. The second-order valence-corrected chi connectivity index (χ2v) is 9.20. The Hall–Kier alpha value is -0.0431. The van der Waals surface area contributed by atoms with Crippen LogP contribution in [0.3, 0.4) is 0 Å². The highest BCUT2D eigenvalue weighted by atomic mass is 28.3. The molecule has 0 aromatic rings. The van der Waals surface area contributed by atoms with Gasteiger partial charge in [0, 0.05) is 0 Å². The van der Waals surface area contributed by atoms with Gasteiger partial charge in [-0.15, -0.1) is 6.58 Å². The van der Waals surface area contributed by atoms with Gasteiger partial charge >= 0.3 is 0 Å². The van der Waals surface area contributed by atoms with Crippen molar-refractivity contribution in [3.8, 4) is 0 Å². The average molecular weight is 170 g/mol. The molecule has 0 fully saturated rings. The summed E-state index contributed by atoms with van der Waals surface area (Å²) in [6, 6.07) is 4.23. The van der Waals surface area contributed by atoms with Gasteiger partial charge in [0.1, 0.15) is 0 Å². The Bertz CT molecular complexity index is 106. The molecule has 0 aliphatic heterocycles. The summed E-state index contributed by atoms with van der Waals surface area (Å²) in [7, 11) is -0.939. The highest BCUT2D eigenvalue weighted by molar-refractivity contribution is 6.81. The van der Waals surface area contributed by atoms with E-state index in [-0.39, 0.29) is 0 Å². The largest absolute Gasteiger partial charge is 0.103 e. The van der Waals surface area contributed by atoms with Crippen molar-refractivity contribution in [2.24, 2.45) is 0 Å². The first-order valence-electron chi connectivity index (χ1n) is 4.79. The maximum atomic E-state index is 3.91. The van der Waals surface area contributed by atoms with Crippen molar-refractivity contribution < 1.29 is 0 Å². The van der Waals surface area contributed by atoms with Crippen LogP contribution in [0.2, 0.25) is 23.7 Å². The Balaban J connectivity index is 4.38. The monoisotopic (exact) mass is 170 g/mol. The van der Waals surface area contributed by atoms with Crippen molar-refractivity contribution in [2.45, 2.75) is 51.4 Å². The summed E-state index contributed by atoms with van der Waals surface area (Å²) in [5, 5.41) is 0. The van der Waals surface area contributed by atoms with Crippen LogP contribution in [0.25, 0.3) is 0 Å². The molecule has 1 heteroatoms. The van der Waals surface area contributed by atoms with Gasteiger partial charge in [-0.2, -0.15) is 0 Å². The minimum absolute atomic E-state index is 0.794. The lowest BCUT2D eigenvalue weighted by atomic mass is 10.5. The molecule has 0 aromatic heterocycles. The summed E-state index contributed by atoms with van der Waals surface area (Å²) in [4.78, 5) is 0. The predicted octanol–water partition coefficient (Wildman–Crippen LogP) is 4.07. The van der Waals surface area contributed by atoms with Gasteiger partial charge in [0.15, 0.2) is 0 Å². The minimum atomic E-state index is -0.939. The first-order chi connectivity index (χ1) is 5.16.